The van der Waals surface area contributed by atoms with Crippen LogP contribution in [0.15, 0.2) is 0 Å². The molecule has 0 radical (unpaired) electrons. The van der Waals surface area contributed by atoms with E-state index in [-0.39, 0.29) is 0 Å². The maximum atomic E-state index is 3.65. The first-order valence-electron chi connectivity index (χ1n) is 7.43. The quantitative estimate of drug-likeness (QED) is 0.767. The van der Waals surface area contributed by atoms with Crippen molar-refractivity contribution in [1.82, 2.24) is 10.2 Å². The molecule has 0 aromatic heterocycles. The lowest BCUT2D eigenvalue weighted by molar-refractivity contribution is 0.221. The van der Waals surface area contributed by atoms with Crippen LogP contribution in [0, 0.1) is 11.3 Å². The summed E-state index contributed by atoms with van der Waals surface area (Å²) in [6, 6.07) is 0.646. The average Bonchev–Trinajstić information content (AvgIpc) is 2.70. The van der Waals surface area contributed by atoms with Gasteiger partial charge in [-0.2, -0.15) is 0 Å². The third kappa shape index (κ3) is 4.97. The molecule has 2 nitrogen and oxygen atoms in total. The number of rotatable bonds is 6. The monoisotopic (exact) mass is 240 g/mol. The normalized spacial score (nSPS) is 24.2. The van der Waals surface area contributed by atoms with Crippen molar-refractivity contribution in [2.45, 2.75) is 59.9 Å². The second kappa shape index (κ2) is 6.75. The molecule has 0 spiro atoms. The van der Waals surface area contributed by atoms with E-state index in [1.807, 2.05) is 0 Å². The number of likely N-dealkylation sites (tertiary alicyclic amines) is 1. The van der Waals surface area contributed by atoms with Gasteiger partial charge in [-0.15, -0.1) is 0 Å². The molecule has 2 unspecified atom stereocenters. The zero-order chi connectivity index (χ0) is 12.9. The van der Waals surface area contributed by atoms with Gasteiger partial charge in [0.1, 0.15) is 0 Å². The maximum Gasteiger partial charge on any atom is 0.0128 e. The first-order valence-corrected chi connectivity index (χ1v) is 7.43. The largest absolute Gasteiger partial charge is 0.314 e. The fraction of sp³-hybridized carbons (Fsp3) is 1.00. The number of hydrogen-bond donors (Lipinski definition) is 1. The van der Waals surface area contributed by atoms with Crippen molar-refractivity contribution < 1.29 is 0 Å². The van der Waals surface area contributed by atoms with Crippen LogP contribution in [-0.2, 0) is 0 Å². The van der Waals surface area contributed by atoms with Gasteiger partial charge in [0.25, 0.3) is 0 Å². The smallest absolute Gasteiger partial charge is 0.0128 e. The van der Waals surface area contributed by atoms with Gasteiger partial charge in [-0.05, 0) is 43.8 Å². The van der Waals surface area contributed by atoms with Crippen LogP contribution in [0.1, 0.15) is 53.9 Å². The minimum absolute atomic E-state index is 0.375. The van der Waals surface area contributed by atoms with E-state index in [1.165, 1.54) is 38.9 Å². The molecule has 0 aliphatic carbocycles. The highest BCUT2D eigenvalue weighted by molar-refractivity contribution is 4.83. The molecule has 102 valence electrons. The third-order valence-electron chi connectivity index (χ3n) is 4.18. The van der Waals surface area contributed by atoms with Crippen molar-refractivity contribution in [3.05, 3.63) is 0 Å². The molecule has 2 atom stereocenters. The third-order valence-corrected chi connectivity index (χ3v) is 4.18. The van der Waals surface area contributed by atoms with Crippen molar-refractivity contribution >= 4 is 0 Å². The first-order chi connectivity index (χ1) is 7.97. The molecule has 1 saturated heterocycles. The summed E-state index contributed by atoms with van der Waals surface area (Å²) in [5.41, 5.74) is 0.375. The Balaban J connectivity index is 2.32. The predicted molar refractivity (Wildman–Crippen MR) is 76.4 cm³/mol. The van der Waals surface area contributed by atoms with Gasteiger partial charge >= 0.3 is 0 Å². The molecule has 0 bridgehead atoms. The van der Waals surface area contributed by atoms with Gasteiger partial charge in [0.15, 0.2) is 0 Å². The van der Waals surface area contributed by atoms with Crippen LogP contribution in [0.2, 0.25) is 0 Å². The highest BCUT2D eigenvalue weighted by Gasteiger charge is 2.26. The van der Waals surface area contributed by atoms with Crippen molar-refractivity contribution in [3.63, 3.8) is 0 Å². The van der Waals surface area contributed by atoms with Crippen LogP contribution in [0.5, 0.6) is 0 Å². The Morgan fingerprint density at radius 1 is 1.29 bits per heavy atom. The Morgan fingerprint density at radius 3 is 2.47 bits per heavy atom. The lowest BCUT2D eigenvalue weighted by Gasteiger charge is -2.32. The summed E-state index contributed by atoms with van der Waals surface area (Å²) >= 11 is 0. The fourth-order valence-electron chi connectivity index (χ4n) is 2.85. The standard InChI is InChI=1S/C15H32N2/c1-6-13-8-10-17(12-13)11-9-14(16-7-2)15(3,4)5/h13-14,16H,6-12H2,1-5H3. The van der Waals surface area contributed by atoms with E-state index < -0.39 is 0 Å². The first kappa shape index (κ1) is 15.0. The summed E-state index contributed by atoms with van der Waals surface area (Å²) < 4.78 is 0. The van der Waals surface area contributed by atoms with Crippen LogP contribution >= 0.6 is 0 Å². The molecule has 2 heteroatoms. The highest BCUT2D eigenvalue weighted by atomic mass is 15.1. The second-order valence-corrected chi connectivity index (χ2v) is 6.63. The fourth-order valence-corrected chi connectivity index (χ4v) is 2.85. The molecule has 1 N–H and O–H groups in total. The molecule has 0 saturated carbocycles. The lowest BCUT2D eigenvalue weighted by Crippen LogP contribution is -2.42. The van der Waals surface area contributed by atoms with Gasteiger partial charge in [-0.1, -0.05) is 41.0 Å². The van der Waals surface area contributed by atoms with Gasteiger partial charge in [0, 0.05) is 12.6 Å². The molecule has 1 heterocycles. The summed E-state index contributed by atoms with van der Waals surface area (Å²) in [5, 5.41) is 3.65. The van der Waals surface area contributed by atoms with Crippen molar-refractivity contribution in [1.29, 1.82) is 0 Å². The minimum atomic E-state index is 0.375. The lowest BCUT2D eigenvalue weighted by atomic mass is 9.84. The highest BCUT2D eigenvalue weighted by Crippen LogP contribution is 2.24. The topological polar surface area (TPSA) is 15.3 Å². The van der Waals surface area contributed by atoms with E-state index in [4.69, 9.17) is 0 Å². The van der Waals surface area contributed by atoms with Crippen LogP contribution < -0.4 is 5.32 Å². The van der Waals surface area contributed by atoms with E-state index >= 15 is 0 Å². The Morgan fingerprint density at radius 2 is 2.00 bits per heavy atom. The summed E-state index contributed by atoms with van der Waals surface area (Å²) in [4.78, 5) is 2.66. The number of hydrogen-bond acceptors (Lipinski definition) is 2. The summed E-state index contributed by atoms with van der Waals surface area (Å²) in [6.07, 6.45) is 4.05. The molecule has 17 heavy (non-hydrogen) atoms. The Kier molecular flexibility index (Phi) is 5.94. The summed E-state index contributed by atoms with van der Waals surface area (Å²) in [5.74, 6) is 0.960. The molecule has 1 fully saturated rings. The van der Waals surface area contributed by atoms with E-state index in [0.717, 1.165) is 12.5 Å². The van der Waals surface area contributed by atoms with Gasteiger partial charge in [-0.25, -0.2) is 0 Å². The number of nitrogens with zero attached hydrogens (tertiary/aromatic N) is 1. The van der Waals surface area contributed by atoms with Crippen molar-refractivity contribution in [2.75, 3.05) is 26.2 Å². The minimum Gasteiger partial charge on any atom is -0.314 e. The van der Waals surface area contributed by atoms with Crippen LogP contribution in [0.3, 0.4) is 0 Å². The van der Waals surface area contributed by atoms with Gasteiger partial charge in [0.2, 0.25) is 0 Å². The molecule has 0 amide bonds. The van der Waals surface area contributed by atoms with Gasteiger partial charge in [0.05, 0.1) is 0 Å². The molecule has 1 aliphatic heterocycles. The molecule has 0 aromatic rings. The number of nitrogens with one attached hydrogen (secondary N) is 1. The van der Waals surface area contributed by atoms with Crippen molar-refractivity contribution in [2.24, 2.45) is 11.3 Å². The van der Waals surface area contributed by atoms with E-state index in [9.17, 15) is 0 Å². The zero-order valence-electron chi connectivity index (χ0n) is 12.6. The summed E-state index contributed by atoms with van der Waals surface area (Å²) in [6.45, 7) is 16.6. The average molecular weight is 240 g/mol. The van der Waals surface area contributed by atoms with Crippen LogP contribution in [0.4, 0.5) is 0 Å². The van der Waals surface area contributed by atoms with E-state index in [2.05, 4.69) is 44.8 Å². The second-order valence-electron chi connectivity index (χ2n) is 6.63. The van der Waals surface area contributed by atoms with E-state index in [0.29, 0.717) is 11.5 Å². The SMILES string of the molecule is CCNC(CCN1CCC(CC)C1)C(C)(C)C. The summed E-state index contributed by atoms with van der Waals surface area (Å²) in [7, 11) is 0. The Labute approximate surface area is 108 Å². The molecular formula is C15H32N2. The molecular weight excluding hydrogens is 208 g/mol. The predicted octanol–water partition coefficient (Wildman–Crippen LogP) is 3.13. The molecule has 0 aromatic carbocycles. The molecule has 1 aliphatic rings. The van der Waals surface area contributed by atoms with Gasteiger partial charge in [-0.3, -0.25) is 0 Å². The van der Waals surface area contributed by atoms with Crippen LogP contribution in [-0.4, -0.2) is 37.1 Å². The maximum absolute atomic E-state index is 3.65. The van der Waals surface area contributed by atoms with Crippen LogP contribution in [0.25, 0.3) is 0 Å². The molecule has 1 rings (SSSR count). The Bertz CT molecular complexity index is 207. The van der Waals surface area contributed by atoms with Crippen molar-refractivity contribution in [3.8, 4) is 0 Å². The van der Waals surface area contributed by atoms with Gasteiger partial charge < -0.3 is 10.2 Å². The van der Waals surface area contributed by atoms with E-state index in [1.54, 1.807) is 0 Å². The Hall–Kier alpha value is -0.0800. The zero-order valence-corrected chi connectivity index (χ0v) is 12.6.